The van der Waals surface area contributed by atoms with Gasteiger partial charge in [-0.05, 0) is 30.0 Å². The van der Waals surface area contributed by atoms with E-state index in [1.807, 2.05) is 18.2 Å². The number of esters is 1. The van der Waals surface area contributed by atoms with Gasteiger partial charge in [0.1, 0.15) is 0 Å². The lowest BCUT2D eigenvalue weighted by molar-refractivity contribution is -0.139. The summed E-state index contributed by atoms with van der Waals surface area (Å²) in [6.45, 7) is 0.206. The van der Waals surface area contributed by atoms with Gasteiger partial charge < -0.3 is 10.1 Å². The van der Waals surface area contributed by atoms with Crippen LogP contribution in [0.25, 0.3) is 0 Å². The number of fused-ring (bicyclic) bond motifs is 1. The molecular formula is C13H14N2O2. The van der Waals surface area contributed by atoms with Crippen molar-refractivity contribution in [2.45, 2.75) is 18.9 Å². The van der Waals surface area contributed by atoms with Crippen molar-refractivity contribution in [2.75, 3.05) is 13.7 Å². The highest BCUT2D eigenvalue weighted by Gasteiger charge is 2.24. The minimum absolute atomic E-state index is 0.150. The molecule has 1 N–H and O–H groups in total. The maximum Gasteiger partial charge on any atom is 0.319 e. The molecule has 0 bridgehead atoms. The van der Waals surface area contributed by atoms with Crippen molar-refractivity contribution in [3.05, 3.63) is 34.9 Å². The van der Waals surface area contributed by atoms with E-state index in [9.17, 15) is 4.79 Å². The zero-order chi connectivity index (χ0) is 12.3. The molecule has 0 radical (unpaired) electrons. The largest absolute Gasteiger partial charge is 0.468 e. The molecule has 0 saturated carbocycles. The van der Waals surface area contributed by atoms with Crippen molar-refractivity contribution in [3.8, 4) is 6.07 Å². The molecule has 0 spiro atoms. The first-order valence-corrected chi connectivity index (χ1v) is 5.58. The lowest BCUT2D eigenvalue weighted by Crippen LogP contribution is -2.27. The maximum absolute atomic E-state index is 11.1. The first kappa shape index (κ1) is 11.6. The minimum Gasteiger partial charge on any atom is -0.468 e. The highest BCUT2D eigenvalue weighted by atomic mass is 16.5. The molecule has 0 fully saturated rings. The smallest absolute Gasteiger partial charge is 0.319 e. The van der Waals surface area contributed by atoms with Crippen LogP contribution in [0.4, 0.5) is 0 Å². The Morgan fingerprint density at radius 1 is 1.65 bits per heavy atom. The third kappa shape index (κ3) is 2.29. The molecule has 88 valence electrons. The van der Waals surface area contributed by atoms with E-state index in [0.717, 1.165) is 29.5 Å². The second kappa shape index (κ2) is 4.98. The monoisotopic (exact) mass is 230 g/mol. The Morgan fingerprint density at radius 2 is 2.47 bits per heavy atom. The fraction of sp³-hybridized carbons (Fsp3) is 0.385. The number of hydrogen-bond acceptors (Lipinski definition) is 4. The predicted octanol–water partition coefficient (Wildman–Crippen LogP) is 1.31. The molecule has 0 heterocycles. The van der Waals surface area contributed by atoms with Gasteiger partial charge in [-0.25, -0.2) is 0 Å². The number of methoxy groups -OCH3 is 1. The van der Waals surface area contributed by atoms with Gasteiger partial charge >= 0.3 is 5.97 Å². The normalized spacial score (nSPS) is 17.3. The molecular weight excluding hydrogens is 216 g/mol. The molecule has 1 aromatic rings. The Bertz CT molecular complexity index is 477. The second-order valence-corrected chi connectivity index (χ2v) is 4.03. The number of carbonyl (C=O) groups is 1. The lowest BCUT2D eigenvalue weighted by Gasteiger charge is -2.12. The van der Waals surface area contributed by atoms with Crippen molar-refractivity contribution >= 4 is 5.97 Å². The minimum atomic E-state index is -0.269. The number of carbonyl (C=O) groups excluding carboxylic acids is 1. The number of hydrogen-bond donors (Lipinski definition) is 1. The summed E-state index contributed by atoms with van der Waals surface area (Å²) >= 11 is 0. The Balaban J connectivity index is 2.12. The van der Waals surface area contributed by atoms with E-state index >= 15 is 0 Å². The van der Waals surface area contributed by atoms with E-state index in [4.69, 9.17) is 5.26 Å². The molecule has 1 atom stereocenters. The molecule has 4 heteroatoms. The highest BCUT2D eigenvalue weighted by molar-refractivity contribution is 5.71. The average Bonchev–Trinajstić information content (AvgIpc) is 2.78. The fourth-order valence-corrected chi connectivity index (χ4v) is 2.25. The second-order valence-electron chi connectivity index (χ2n) is 4.03. The van der Waals surface area contributed by atoms with E-state index in [1.165, 1.54) is 7.11 Å². The summed E-state index contributed by atoms with van der Waals surface area (Å²) in [7, 11) is 1.38. The summed E-state index contributed by atoms with van der Waals surface area (Å²) in [4.78, 5) is 11.1. The van der Waals surface area contributed by atoms with Gasteiger partial charge in [0.2, 0.25) is 0 Å². The summed E-state index contributed by atoms with van der Waals surface area (Å²) in [5.41, 5.74) is 2.98. The molecule has 4 nitrogen and oxygen atoms in total. The van der Waals surface area contributed by atoms with Gasteiger partial charge in [0.05, 0.1) is 25.3 Å². The maximum atomic E-state index is 11.1. The first-order chi connectivity index (χ1) is 8.26. The van der Waals surface area contributed by atoms with Crippen LogP contribution >= 0.6 is 0 Å². The number of nitrogens with zero attached hydrogens (tertiary/aromatic N) is 1. The van der Waals surface area contributed by atoms with Gasteiger partial charge in [-0.1, -0.05) is 12.1 Å². The molecule has 0 aliphatic heterocycles. The van der Waals surface area contributed by atoms with Crippen LogP contribution in [0, 0.1) is 11.3 Å². The summed E-state index contributed by atoms with van der Waals surface area (Å²) in [6.07, 6.45) is 1.81. The van der Waals surface area contributed by atoms with Gasteiger partial charge in [-0.3, -0.25) is 4.79 Å². The average molecular weight is 230 g/mol. The molecule has 2 rings (SSSR count). The van der Waals surface area contributed by atoms with E-state index in [2.05, 4.69) is 16.1 Å². The zero-order valence-electron chi connectivity index (χ0n) is 9.69. The van der Waals surface area contributed by atoms with Crippen molar-refractivity contribution < 1.29 is 9.53 Å². The summed E-state index contributed by atoms with van der Waals surface area (Å²) in [5.74, 6) is -0.269. The first-order valence-electron chi connectivity index (χ1n) is 5.58. The number of nitrogens with one attached hydrogen (secondary N) is 1. The molecule has 1 aromatic carbocycles. The summed E-state index contributed by atoms with van der Waals surface area (Å²) < 4.78 is 4.59. The van der Waals surface area contributed by atoms with Gasteiger partial charge in [-0.2, -0.15) is 5.26 Å². The van der Waals surface area contributed by atoms with Crippen LogP contribution in [0.1, 0.15) is 29.2 Å². The number of nitriles is 1. The van der Waals surface area contributed by atoms with Crippen LogP contribution in [-0.4, -0.2) is 19.6 Å². The van der Waals surface area contributed by atoms with Crippen molar-refractivity contribution in [1.29, 1.82) is 5.26 Å². The zero-order valence-corrected chi connectivity index (χ0v) is 9.69. The third-order valence-corrected chi connectivity index (χ3v) is 3.11. The molecule has 1 aliphatic rings. The Hall–Kier alpha value is -1.86. The van der Waals surface area contributed by atoms with Crippen molar-refractivity contribution in [3.63, 3.8) is 0 Å². The summed E-state index contributed by atoms with van der Waals surface area (Å²) in [6, 6.07) is 8.09. The van der Waals surface area contributed by atoms with Gasteiger partial charge in [-0.15, -0.1) is 0 Å². The summed E-state index contributed by atoms with van der Waals surface area (Å²) in [5, 5.41) is 12.2. The van der Waals surface area contributed by atoms with Crippen molar-refractivity contribution in [1.82, 2.24) is 5.32 Å². The van der Waals surface area contributed by atoms with E-state index < -0.39 is 0 Å². The molecule has 17 heavy (non-hydrogen) atoms. The molecule has 0 unspecified atom stereocenters. The molecule has 0 amide bonds. The molecule has 0 saturated heterocycles. The quantitative estimate of drug-likeness (QED) is 0.795. The highest BCUT2D eigenvalue weighted by Crippen LogP contribution is 2.32. The SMILES string of the molecule is COC(=O)CN[C@H]1CCc2c(C#N)cccc21. The lowest BCUT2D eigenvalue weighted by atomic mass is 10.0. The Kier molecular flexibility index (Phi) is 3.40. The topological polar surface area (TPSA) is 62.1 Å². The van der Waals surface area contributed by atoms with Gasteiger partial charge in [0.25, 0.3) is 0 Å². The van der Waals surface area contributed by atoms with Crippen molar-refractivity contribution in [2.24, 2.45) is 0 Å². The number of rotatable bonds is 3. The van der Waals surface area contributed by atoms with E-state index in [0.29, 0.717) is 0 Å². The van der Waals surface area contributed by atoms with Crippen LogP contribution in [0.5, 0.6) is 0 Å². The van der Waals surface area contributed by atoms with E-state index in [1.54, 1.807) is 0 Å². The Morgan fingerprint density at radius 3 is 3.18 bits per heavy atom. The van der Waals surface area contributed by atoms with E-state index in [-0.39, 0.29) is 18.6 Å². The van der Waals surface area contributed by atoms with Crippen LogP contribution in [0.3, 0.4) is 0 Å². The standard InChI is InChI=1S/C13H14N2O2/c1-17-13(16)8-15-12-6-5-10-9(7-14)3-2-4-11(10)12/h2-4,12,15H,5-6,8H2,1H3/t12-/m0/s1. The van der Waals surface area contributed by atoms with Gasteiger partial charge in [0, 0.05) is 6.04 Å². The molecule has 1 aliphatic carbocycles. The van der Waals surface area contributed by atoms with Crippen LogP contribution in [0.15, 0.2) is 18.2 Å². The predicted molar refractivity (Wildman–Crippen MR) is 62.2 cm³/mol. The number of ether oxygens (including phenoxy) is 1. The third-order valence-electron chi connectivity index (χ3n) is 3.11. The van der Waals surface area contributed by atoms with Crippen LogP contribution in [0.2, 0.25) is 0 Å². The number of benzene rings is 1. The van der Waals surface area contributed by atoms with Gasteiger partial charge in [0.15, 0.2) is 0 Å². The fourth-order valence-electron chi connectivity index (χ4n) is 2.25. The molecule has 0 aromatic heterocycles. The Labute approximate surface area is 100 Å². The van der Waals surface area contributed by atoms with Crippen LogP contribution in [-0.2, 0) is 16.0 Å². The van der Waals surface area contributed by atoms with Crippen LogP contribution < -0.4 is 5.32 Å².